The normalized spacial score (nSPS) is 10.2. The Labute approximate surface area is 120 Å². The first kappa shape index (κ1) is 14.7. The molecule has 0 fully saturated rings. The molecule has 110 valence electrons. The van der Waals surface area contributed by atoms with Gasteiger partial charge in [0.2, 0.25) is 5.91 Å². The molecule has 1 aromatic heterocycles. The minimum atomic E-state index is -0.390. The van der Waals surface area contributed by atoms with Crippen molar-refractivity contribution in [1.29, 1.82) is 0 Å². The topological polar surface area (TPSA) is 86.9 Å². The van der Waals surface area contributed by atoms with Crippen LogP contribution in [0.4, 0.5) is 4.39 Å². The number of carbonyl (C=O) groups is 2. The molecule has 0 spiro atoms. The van der Waals surface area contributed by atoms with Crippen LogP contribution in [0.1, 0.15) is 17.3 Å². The van der Waals surface area contributed by atoms with Crippen molar-refractivity contribution in [2.75, 3.05) is 13.1 Å². The summed E-state index contributed by atoms with van der Waals surface area (Å²) >= 11 is 0. The van der Waals surface area contributed by atoms with Crippen molar-refractivity contribution >= 4 is 11.8 Å². The van der Waals surface area contributed by atoms with E-state index in [0.717, 1.165) is 0 Å². The molecule has 21 heavy (non-hydrogen) atoms. The number of aromatic amines is 1. The van der Waals surface area contributed by atoms with Crippen LogP contribution >= 0.6 is 0 Å². The maximum absolute atomic E-state index is 13.2. The average Bonchev–Trinajstić information content (AvgIpc) is 2.92. The van der Waals surface area contributed by atoms with Gasteiger partial charge in [-0.25, -0.2) is 4.39 Å². The average molecular weight is 290 g/mol. The molecule has 3 N–H and O–H groups in total. The molecular formula is C14H15FN4O2. The highest BCUT2D eigenvalue weighted by molar-refractivity contribution is 5.99. The second-order valence-corrected chi connectivity index (χ2v) is 4.41. The van der Waals surface area contributed by atoms with E-state index in [-0.39, 0.29) is 17.6 Å². The van der Waals surface area contributed by atoms with E-state index in [2.05, 4.69) is 20.8 Å². The maximum Gasteiger partial charge on any atom is 0.255 e. The van der Waals surface area contributed by atoms with E-state index in [1.165, 1.54) is 25.3 Å². The third kappa shape index (κ3) is 3.88. The van der Waals surface area contributed by atoms with Gasteiger partial charge in [-0.2, -0.15) is 5.10 Å². The summed E-state index contributed by atoms with van der Waals surface area (Å²) in [6, 6.07) is 5.89. The molecule has 0 saturated heterocycles. The van der Waals surface area contributed by atoms with Gasteiger partial charge in [-0.15, -0.1) is 0 Å². The first-order valence-corrected chi connectivity index (χ1v) is 6.40. The lowest BCUT2D eigenvalue weighted by atomic mass is 10.1. The van der Waals surface area contributed by atoms with Gasteiger partial charge in [-0.05, 0) is 12.1 Å². The van der Waals surface area contributed by atoms with E-state index in [1.807, 2.05) is 0 Å². The monoisotopic (exact) mass is 290 g/mol. The Morgan fingerprint density at radius 2 is 2.05 bits per heavy atom. The van der Waals surface area contributed by atoms with E-state index in [1.54, 1.807) is 12.1 Å². The second kappa shape index (κ2) is 6.65. The Balaban J connectivity index is 2.06. The van der Waals surface area contributed by atoms with E-state index in [9.17, 15) is 14.0 Å². The molecule has 0 aliphatic heterocycles. The van der Waals surface area contributed by atoms with Crippen LogP contribution in [0.2, 0.25) is 0 Å². The molecule has 2 aromatic rings. The molecule has 0 unspecified atom stereocenters. The molecular weight excluding hydrogens is 275 g/mol. The van der Waals surface area contributed by atoms with Crippen LogP contribution in [0.25, 0.3) is 11.3 Å². The lowest BCUT2D eigenvalue weighted by Crippen LogP contribution is -2.33. The van der Waals surface area contributed by atoms with Crippen LogP contribution in [0.15, 0.2) is 30.5 Å². The van der Waals surface area contributed by atoms with Gasteiger partial charge in [0, 0.05) is 25.6 Å². The number of benzene rings is 1. The number of halogens is 1. The number of rotatable bonds is 5. The van der Waals surface area contributed by atoms with Crippen LogP contribution in [0.5, 0.6) is 0 Å². The first-order valence-electron chi connectivity index (χ1n) is 6.40. The maximum atomic E-state index is 13.2. The van der Waals surface area contributed by atoms with Crippen molar-refractivity contribution in [3.63, 3.8) is 0 Å². The summed E-state index contributed by atoms with van der Waals surface area (Å²) < 4.78 is 13.2. The van der Waals surface area contributed by atoms with Crippen molar-refractivity contribution < 1.29 is 14.0 Å². The van der Waals surface area contributed by atoms with E-state index in [4.69, 9.17) is 0 Å². The predicted octanol–water partition coefficient (Wildman–Crippen LogP) is 1.08. The molecule has 0 bridgehead atoms. The zero-order chi connectivity index (χ0) is 15.2. The Kier molecular flexibility index (Phi) is 4.65. The number of aromatic nitrogens is 2. The van der Waals surface area contributed by atoms with Gasteiger partial charge < -0.3 is 10.6 Å². The highest BCUT2D eigenvalue weighted by Gasteiger charge is 2.15. The summed E-state index contributed by atoms with van der Waals surface area (Å²) in [6.07, 6.45) is 1.38. The third-order valence-electron chi connectivity index (χ3n) is 2.78. The van der Waals surface area contributed by atoms with Crippen LogP contribution < -0.4 is 10.6 Å². The highest BCUT2D eigenvalue weighted by Crippen LogP contribution is 2.21. The highest BCUT2D eigenvalue weighted by atomic mass is 19.1. The summed E-state index contributed by atoms with van der Waals surface area (Å²) in [5.74, 6) is -0.888. The molecule has 7 heteroatoms. The van der Waals surface area contributed by atoms with Crippen LogP contribution in [0.3, 0.4) is 0 Å². The number of hydrogen-bond donors (Lipinski definition) is 3. The minimum absolute atomic E-state index is 0.159. The molecule has 1 heterocycles. The van der Waals surface area contributed by atoms with Gasteiger partial charge in [0.15, 0.2) is 0 Å². The number of hydrogen-bond acceptors (Lipinski definition) is 3. The first-order chi connectivity index (χ1) is 10.1. The quantitative estimate of drug-likeness (QED) is 0.720. The molecule has 0 saturated carbocycles. The number of amides is 2. The number of H-pyrrole nitrogens is 1. The number of nitrogens with one attached hydrogen (secondary N) is 3. The molecule has 0 radical (unpaired) electrons. The van der Waals surface area contributed by atoms with Crippen molar-refractivity contribution in [2.45, 2.75) is 6.92 Å². The fraction of sp³-hybridized carbons (Fsp3) is 0.214. The SMILES string of the molecule is CC(=O)NCCNC(=O)c1cn[nH]c1-c1cccc(F)c1. The summed E-state index contributed by atoms with van der Waals surface area (Å²) in [6.45, 7) is 2.04. The minimum Gasteiger partial charge on any atom is -0.355 e. The number of carbonyl (C=O) groups excluding carboxylic acids is 2. The molecule has 0 aliphatic rings. The summed E-state index contributed by atoms with van der Waals surface area (Å²) in [5.41, 5.74) is 1.31. The largest absolute Gasteiger partial charge is 0.355 e. The zero-order valence-corrected chi connectivity index (χ0v) is 11.4. The van der Waals surface area contributed by atoms with Crippen LogP contribution in [0, 0.1) is 5.82 Å². The molecule has 2 rings (SSSR count). The smallest absolute Gasteiger partial charge is 0.255 e. The summed E-state index contributed by atoms with van der Waals surface area (Å²) in [7, 11) is 0. The van der Waals surface area contributed by atoms with Gasteiger partial charge in [0.1, 0.15) is 5.82 Å². The van der Waals surface area contributed by atoms with Crippen LogP contribution in [-0.2, 0) is 4.79 Å². The van der Waals surface area contributed by atoms with E-state index in [0.29, 0.717) is 29.9 Å². The zero-order valence-electron chi connectivity index (χ0n) is 11.4. The Hall–Kier alpha value is -2.70. The third-order valence-corrected chi connectivity index (χ3v) is 2.78. The lowest BCUT2D eigenvalue weighted by Gasteiger charge is -2.06. The van der Waals surface area contributed by atoms with Gasteiger partial charge >= 0.3 is 0 Å². The molecule has 0 aliphatic carbocycles. The molecule has 1 aromatic carbocycles. The van der Waals surface area contributed by atoms with Crippen molar-refractivity contribution in [1.82, 2.24) is 20.8 Å². The summed E-state index contributed by atoms with van der Waals surface area (Å²) in [5, 5.41) is 11.8. The molecule has 6 nitrogen and oxygen atoms in total. The Bertz CT molecular complexity index is 654. The van der Waals surface area contributed by atoms with Crippen molar-refractivity contribution in [3.05, 3.63) is 41.8 Å². The van der Waals surface area contributed by atoms with E-state index < -0.39 is 0 Å². The fourth-order valence-electron chi connectivity index (χ4n) is 1.83. The van der Waals surface area contributed by atoms with Crippen molar-refractivity contribution in [3.8, 4) is 11.3 Å². The fourth-order valence-corrected chi connectivity index (χ4v) is 1.83. The Morgan fingerprint density at radius 3 is 2.76 bits per heavy atom. The Morgan fingerprint density at radius 1 is 1.29 bits per heavy atom. The van der Waals surface area contributed by atoms with E-state index >= 15 is 0 Å². The van der Waals surface area contributed by atoms with Gasteiger partial charge in [0.25, 0.3) is 5.91 Å². The van der Waals surface area contributed by atoms with Gasteiger partial charge in [-0.3, -0.25) is 14.7 Å². The van der Waals surface area contributed by atoms with Crippen LogP contribution in [-0.4, -0.2) is 35.1 Å². The molecule has 0 atom stereocenters. The second-order valence-electron chi connectivity index (χ2n) is 4.41. The lowest BCUT2D eigenvalue weighted by molar-refractivity contribution is -0.118. The summed E-state index contributed by atoms with van der Waals surface area (Å²) in [4.78, 5) is 22.8. The van der Waals surface area contributed by atoms with Gasteiger partial charge in [-0.1, -0.05) is 12.1 Å². The standard InChI is InChI=1S/C14H15FN4O2/c1-9(20)16-5-6-17-14(21)12-8-18-19-13(12)10-3-2-4-11(15)7-10/h2-4,7-8H,5-6H2,1H3,(H,16,20)(H,17,21)(H,18,19). The number of nitrogens with zero attached hydrogens (tertiary/aromatic N) is 1. The van der Waals surface area contributed by atoms with Crippen molar-refractivity contribution in [2.24, 2.45) is 0 Å². The predicted molar refractivity (Wildman–Crippen MR) is 75.0 cm³/mol. The molecule has 2 amide bonds. The van der Waals surface area contributed by atoms with Gasteiger partial charge in [0.05, 0.1) is 17.5 Å².